The summed E-state index contributed by atoms with van der Waals surface area (Å²) in [5.74, 6) is 3.36. The second kappa shape index (κ2) is 17.3. The predicted octanol–water partition coefficient (Wildman–Crippen LogP) is 9.39. The SMILES string of the molecule is C[C@@H]1CC[C@@]2(OC1)O[C@H]1C[C@H]3[C@@H]4CC=C5C[C@@H](OC(=O)CCCC[P+](c6ccc(Cl)cc6)(c6ccc(Cl)cc6)c6ccc(Cl)cc6)CC[C@]5(C)[C@H]4CC[C@]3(C)[C@H]1[C@@H]2C.[Br-]. The van der Waals surface area contributed by atoms with Crippen molar-refractivity contribution in [3.8, 4) is 0 Å². The molecule has 0 bridgehead atoms. The highest BCUT2D eigenvalue weighted by Crippen LogP contribution is 2.70. The number of hydrogen-bond acceptors (Lipinski definition) is 4. The molecule has 0 radical (unpaired) electrons. The van der Waals surface area contributed by atoms with E-state index >= 15 is 0 Å². The quantitative estimate of drug-likeness (QED) is 0.0930. The second-order valence-corrected chi connectivity index (χ2v) is 24.5. The molecule has 3 saturated carbocycles. The zero-order valence-corrected chi connectivity index (χ0v) is 39.9. The third-order valence-corrected chi connectivity index (χ3v) is 21.8. The number of halogens is 4. The highest BCUT2D eigenvalue weighted by molar-refractivity contribution is 7.95. The van der Waals surface area contributed by atoms with Crippen molar-refractivity contribution in [3.63, 3.8) is 0 Å². The monoisotopic (exact) mass is 940 g/mol. The lowest BCUT2D eigenvalue weighted by atomic mass is 9.47. The molecule has 0 amide bonds. The summed E-state index contributed by atoms with van der Waals surface area (Å²) in [6.45, 7) is 10.8. The highest BCUT2D eigenvalue weighted by Gasteiger charge is 2.68. The van der Waals surface area contributed by atoms with E-state index < -0.39 is 7.26 Å². The Morgan fingerprint density at radius 1 is 0.797 bits per heavy atom. The maximum absolute atomic E-state index is 13.5. The Bertz CT molecular complexity index is 1890. The minimum Gasteiger partial charge on any atom is -1.00 e. The number of carbonyl (C=O) groups is 1. The molecule has 4 aliphatic carbocycles. The summed E-state index contributed by atoms with van der Waals surface area (Å²) in [5, 5.41) is 5.87. The molecule has 6 aliphatic rings. The van der Waals surface area contributed by atoms with Crippen LogP contribution in [-0.2, 0) is 19.0 Å². The van der Waals surface area contributed by atoms with E-state index in [9.17, 15) is 4.79 Å². The Balaban J connectivity index is 0.00000484. The normalized spacial score (nSPS) is 36.1. The molecule has 4 nitrogen and oxygen atoms in total. The maximum atomic E-state index is 13.5. The van der Waals surface area contributed by atoms with E-state index in [1.807, 2.05) is 36.4 Å². The number of ether oxygens (including phenoxy) is 3. The first-order valence-electron chi connectivity index (χ1n) is 22.2. The molecule has 0 aromatic heterocycles. The first kappa shape index (κ1) is 44.2. The summed E-state index contributed by atoms with van der Waals surface area (Å²) >= 11 is 19.2. The van der Waals surface area contributed by atoms with E-state index in [0.29, 0.717) is 68.5 Å². The van der Waals surface area contributed by atoms with Crippen molar-refractivity contribution in [1.29, 1.82) is 0 Å². The molecular formula is C50H61BrCl3O4P. The summed E-state index contributed by atoms with van der Waals surface area (Å²) < 4.78 is 19.9. The van der Waals surface area contributed by atoms with Crippen LogP contribution >= 0.6 is 42.1 Å². The standard InChI is InChI=1S/C50H61Cl3O4P.BrH/c1-32-22-27-50(55-31-32)33(2)47-45(57-50)30-44-42-21-8-34-29-38(23-25-48(34,3)43(42)24-26-49(44,47)4)56-46(54)7-5-6-28-58(39-15-9-35(51)10-16-39,40-17-11-36(52)12-18-40)41-19-13-37(53)14-20-41;/h8-20,32-33,38,42-45,47H,5-7,21-31H2,1-4H3;1H/q+1;/p-1/t32-,33+,38+,42-,43+,44+,45+,47+,48+,49+,50-;/m1./s1. The van der Waals surface area contributed by atoms with Crippen LogP contribution < -0.4 is 32.9 Å². The maximum Gasteiger partial charge on any atom is 0.306 e. The minimum absolute atomic E-state index is 0. The zero-order valence-electron chi connectivity index (χ0n) is 35.1. The van der Waals surface area contributed by atoms with Crippen LogP contribution in [0.1, 0.15) is 105 Å². The Labute approximate surface area is 379 Å². The average Bonchev–Trinajstić information content (AvgIpc) is 3.66. The van der Waals surface area contributed by atoms with Gasteiger partial charge in [-0.15, -0.1) is 0 Å². The van der Waals surface area contributed by atoms with Gasteiger partial charge in [0.2, 0.25) is 0 Å². The van der Waals surface area contributed by atoms with Crippen molar-refractivity contribution >= 4 is 63.9 Å². The van der Waals surface area contributed by atoms with Gasteiger partial charge in [-0.05, 0) is 171 Å². The molecule has 1 spiro atoms. The number of benzene rings is 3. The molecule has 5 fully saturated rings. The van der Waals surface area contributed by atoms with Crippen LogP contribution in [0.2, 0.25) is 15.1 Å². The number of esters is 1. The smallest absolute Gasteiger partial charge is 0.306 e. The predicted molar refractivity (Wildman–Crippen MR) is 240 cm³/mol. The molecule has 11 atom stereocenters. The lowest BCUT2D eigenvalue weighted by Crippen LogP contribution is -3.00. The lowest BCUT2D eigenvalue weighted by molar-refractivity contribution is -0.272. The number of fused-ring (bicyclic) bond motifs is 7. The average molecular weight is 943 g/mol. The van der Waals surface area contributed by atoms with Crippen molar-refractivity contribution in [2.45, 2.75) is 123 Å². The van der Waals surface area contributed by atoms with Crippen LogP contribution in [-0.4, -0.2) is 36.7 Å². The Morgan fingerprint density at radius 2 is 1.41 bits per heavy atom. The van der Waals surface area contributed by atoms with Crippen molar-refractivity contribution in [3.05, 3.63) is 99.5 Å². The molecular weight excluding hydrogens is 882 g/mol. The molecule has 0 N–H and O–H groups in total. The van der Waals surface area contributed by atoms with Crippen LogP contribution in [0, 0.1) is 46.3 Å². The van der Waals surface area contributed by atoms with E-state index in [4.69, 9.17) is 49.0 Å². The van der Waals surface area contributed by atoms with Gasteiger partial charge >= 0.3 is 5.97 Å². The number of unbranched alkanes of at least 4 members (excludes halogenated alkanes) is 1. The van der Waals surface area contributed by atoms with Crippen LogP contribution in [0.15, 0.2) is 84.4 Å². The van der Waals surface area contributed by atoms with Gasteiger partial charge in [0.1, 0.15) is 29.3 Å². The fourth-order valence-corrected chi connectivity index (χ4v) is 18.2. The Morgan fingerprint density at radius 3 is 1.98 bits per heavy atom. The van der Waals surface area contributed by atoms with Crippen molar-refractivity contribution < 1.29 is 36.0 Å². The van der Waals surface area contributed by atoms with Gasteiger partial charge in [0.05, 0.1) is 18.9 Å². The van der Waals surface area contributed by atoms with E-state index in [2.05, 4.69) is 70.2 Å². The van der Waals surface area contributed by atoms with Crippen LogP contribution in [0.3, 0.4) is 0 Å². The number of hydrogen-bond donors (Lipinski definition) is 0. The van der Waals surface area contributed by atoms with E-state index in [1.165, 1.54) is 41.6 Å². The van der Waals surface area contributed by atoms with Gasteiger partial charge in [0.25, 0.3) is 0 Å². The molecule has 9 heteroatoms. The summed E-state index contributed by atoms with van der Waals surface area (Å²) in [7, 11) is -2.12. The number of rotatable bonds is 9. The van der Waals surface area contributed by atoms with Gasteiger partial charge in [0.15, 0.2) is 5.79 Å². The highest BCUT2D eigenvalue weighted by atomic mass is 79.9. The second-order valence-electron chi connectivity index (χ2n) is 19.6. The third-order valence-electron chi connectivity index (χ3n) is 16.6. The first-order chi connectivity index (χ1) is 27.8. The van der Waals surface area contributed by atoms with Crippen molar-refractivity contribution in [2.75, 3.05) is 12.8 Å². The van der Waals surface area contributed by atoms with Crippen LogP contribution in [0.5, 0.6) is 0 Å². The van der Waals surface area contributed by atoms with Gasteiger partial charge < -0.3 is 31.2 Å². The largest absolute Gasteiger partial charge is 1.00 e. The molecule has 2 aliphatic heterocycles. The molecule has 318 valence electrons. The van der Waals surface area contributed by atoms with Gasteiger partial charge in [-0.3, -0.25) is 4.79 Å². The first-order valence-corrected chi connectivity index (χ1v) is 25.3. The summed E-state index contributed by atoms with van der Waals surface area (Å²) in [6, 6.07) is 24.8. The molecule has 2 saturated heterocycles. The summed E-state index contributed by atoms with van der Waals surface area (Å²) in [6.07, 6.45) is 16.0. The topological polar surface area (TPSA) is 44.8 Å². The van der Waals surface area contributed by atoms with Gasteiger partial charge in [0, 0.05) is 40.2 Å². The summed E-state index contributed by atoms with van der Waals surface area (Å²) in [5.41, 5.74) is 2.06. The van der Waals surface area contributed by atoms with Crippen molar-refractivity contribution in [2.24, 2.45) is 46.3 Å². The molecule has 59 heavy (non-hydrogen) atoms. The molecule has 3 aromatic carbocycles. The molecule has 3 aromatic rings. The summed E-state index contributed by atoms with van der Waals surface area (Å²) in [4.78, 5) is 13.5. The van der Waals surface area contributed by atoms with Crippen LogP contribution in [0.4, 0.5) is 0 Å². The van der Waals surface area contributed by atoms with E-state index in [-0.39, 0.29) is 40.3 Å². The van der Waals surface area contributed by atoms with E-state index in [1.54, 1.807) is 5.57 Å². The zero-order chi connectivity index (χ0) is 40.5. The van der Waals surface area contributed by atoms with Crippen LogP contribution in [0.25, 0.3) is 0 Å². The molecule has 2 heterocycles. The third kappa shape index (κ3) is 7.84. The lowest BCUT2D eigenvalue weighted by Gasteiger charge is -2.58. The van der Waals surface area contributed by atoms with Gasteiger partial charge in [-0.25, -0.2) is 0 Å². The fraction of sp³-hybridized carbons (Fsp3) is 0.580. The Kier molecular flexibility index (Phi) is 12.9. The number of carbonyl (C=O) groups excluding carboxylic acids is 1. The van der Waals surface area contributed by atoms with Gasteiger partial charge in [-0.2, -0.15) is 0 Å². The van der Waals surface area contributed by atoms with Gasteiger partial charge in [-0.1, -0.05) is 74.1 Å². The molecule has 9 rings (SSSR count). The molecule has 0 unspecified atom stereocenters. The minimum atomic E-state index is -2.12. The van der Waals surface area contributed by atoms with E-state index in [0.717, 1.165) is 57.7 Å². The number of allylic oxidation sites excluding steroid dienone is 1. The fourth-order valence-electron chi connectivity index (χ4n) is 13.5. The Hall–Kier alpha value is -1.43. The van der Waals surface area contributed by atoms with Crippen molar-refractivity contribution in [1.82, 2.24) is 0 Å².